The van der Waals surface area contributed by atoms with Crippen LogP contribution in [-0.2, 0) is 17.6 Å². The average Bonchev–Trinajstić information content (AvgIpc) is 3.22. The first kappa shape index (κ1) is 16.6. The smallest absolute Gasteiger partial charge is 0.317 e. The molecule has 0 spiro atoms. The first-order valence-electron chi connectivity index (χ1n) is 9.47. The lowest BCUT2D eigenvalue weighted by Crippen LogP contribution is -2.55. The summed E-state index contributed by atoms with van der Waals surface area (Å²) in [5.74, 6) is -0.0733. The van der Waals surface area contributed by atoms with Gasteiger partial charge in [0.15, 0.2) is 0 Å². The molecule has 5 nitrogen and oxygen atoms in total. The molecular formula is C20H26N2O3. The highest BCUT2D eigenvalue weighted by atomic mass is 16.4. The van der Waals surface area contributed by atoms with Gasteiger partial charge in [-0.05, 0) is 74.1 Å². The number of carboxylic acids is 1. The number of hydrogen-bond donors (Lipinski definition) is 2. The topological polar surface area (TPSA) is 69.6 Å². The minimum atomic E-state index is -0.758. The van der Waals surface area contributed by atoms with Gasteiger partial charge in [0, 0.05) is 24.2 Å². The predicted octanol–water partition coefficient (Wildman–Crippen LogP) is 2.23. The molecule has 0 bridgehead atoms. The monoisotopic (exact) mass is 342 g/mol. The number of aliphatic carboxylic acids is 1. The van der Waals surface area contributed by atoms with E-state index in [1.54, 1.807) is 0 Å². The number of hydrogen-bond acceptors (Lipinski definition) is 3. The molecule has 1 aromatic carbocycles. The Kier molecular flexibility index (Phi) is 4.50. The van der Waals surface area contributed by atoms with Gasteiger partial charge in [0.1, 0.15) is 0 Å². The van der Waals surface area contributed by atoms with Crippen LogP contribution in [-0.4, -0.2) is 47.1 Å². The summed E-state index contributed by atoms with van der Waals surface area (Å²) in [6.07, 6.45) is 7.55. The summed E-state index contributed by atoms with van der Waals surface area (Å²) in [6.45, 7) is 1.01. The van der Waals surface area contributed by atoms with E-state index in [-0.39, 0.29) is 18.5 Å². The summed E-state index contributed by atoms with van der Waals surface area (Å²) in [5, 5.41) is 12.2. The van der Waals surface area contributed by atoms with Crippen LogP contribution in [0.1, 0.15) is 53.6 Å². The zero-order valence-corrected chi connectivity index (χ0v) is 14.5. The zero-order valence-electron chi connectivity index (χ0n) is 14.5. The summed E-state index contributed by atoms with van der Waals surface area (Å²) >= 11 is 0. The Balaban J connectivity index is 1.29. The van der Waals surface area contributed by atoms with Gasteiger partial charge in [-0.2, -0.15) is 0 Å². The van der Waals surface area contributed by atoms with Crippen molar-refractivity contribution < 1.29 is 14.7 Å². The molecule has 5 heteroatoms. The Morgan fingerprint density at radius 1 is 1.16 bits per heavy atom. The Hall–Kier alpha value is -1.88. The van der Waals surface area contributed by atoms with Crippen molar-refractivity contribution in [1.82, 2.24) is 10.2 Å². The molecule has 0 heterocycles. The summed E-state index contributed by atoms with van der Waals surface area (Å²) in [4.78, 5) is 25.6. The Morgan fingerprint density at radius 3 is 2.64 bits per heavy atom. The van der Waals surface area contributed by atoms with Crippen molar-refractivity contribution in [2.24, 2.45) is 5.92 Å². The maximum Gasteiger partial charge on any atom is 0.317 e. The minimum absolute atomic E-state index is 0.00475. The Morgan fingerprint density at radius 2 is 1.92 bits per heavy atom. The molecule has 1 aromatic rings. The second-order valence-corrected chi connectivity index (χ2v) is 7.90. The van der Waals surface area contributed by atoms with E-state index in [0.717, 1.165) is 37.8 Å². The molecular weight excluding hydrogens is 316 g/mol. The molecule has 2 fully saturated rings. The number of aryl methyl sites for hydroxylation is 2. The van der Waals surface area contributed by atoms with Crippen LogP contribution in [0, 0.1) is 5.92 Å². The fraction of sp³-hybridized carbons (Fsp3) is 0.600. The standard InChI is InChI=1S/C20H26N2O3/c23-19(24)12-22(11-13-4-5-13)18-9-17(10-18)21-20(25)16-7-6-14-2-1-3-15(14)8-16/h6-8,13,17-18H,1-5,9-12H2,(H,21,25)(H,23,24). The van der Waals surface area contributed by atoms with Gasteiger partial charge >= 0.3 is 5.97 Å². The molecule has 3 aliphatic carbocycles. The van der Waals surface area contributed by atoms with Gasteiger partial charge in [-0.15, -0.1) is 0 Å². The van der Waals surface area contributed by atoms with Crippen LogP contribution in [0.3, 0.4) is 0 Å². The molecule has 0 atom stereocenters. The van der Waals surface area contributed by atoms with Crippen molar-refractivity contribution >= 4 is 11.9 Å². The average molecular weight is 342 g/mol. The number of rotatable bonds is 7. The van der Waals surface area contributed by atoms with E-state index in [2.05, 4.69) is 16.3 Å². The number of nitrogens with one attached hydrogen (secondary N) is 1. The lowest BCUT2D eigenvalue weighted by Gasteiger charge is -2.42. The number of amides is 1. The highest BCUT2D eigenvalue weighted by molar-refractivity contribution is 5.94. The molecule has 0 radical (unpaired) electrons. The van der Waals surface area contributed by atoms with E-state index in [1.807, 2.05) is 12.1 Å². The van der Waals surface area contributed by atoms with Crippen LogP contribution in [0.25, 0.3) is 0 Å². The molecule has 0 aromatic heterocycles. The van der Waals surface area contributed by atoms with Crippen molar-refractivity contribution in [3.05, 3.63) is 34.9 Å². The number of carbonyl (C=O) groups is 2. The van der Waals surface area contributed by atoms with Gasteiger partial charge in [-0.25, -0.2) is 0 Å². The van der Waals surface area contributed by atoms with Crippen molar-refractivity contribution in [2.75, 3.05) is 13.1 Å². The lowest BCUT2D eigenvalue weighted by molar-refractivity contribution is -0.139. The molecule has 2 N–H and O–H groups in total. The normalized spacial score (nSPS) is 24.7. The first-order chi connectivity index (χ1) is 12.1. The summed E-state index contributed by atoms with van der Waals surface area (Å²) in [5.41, 5.74) is 3.45. The number of fused-ring (bicyclic) bond motifs is 1. The highest BCUT2D eigenvalue weighted by Gasteiger charge is 2.37. The number of nitrogens with zero attached hydrogens (tertiary/aromatic N) is 1. The first-order valence-corrected chi connectivity index (χ1v) is 9.47. The molecule has 0 saturated heterocycles. The van der Waals surface area contributed by atoms with Crippen molar-refractivity contribution in [3.63, 3.8) is 0 Å². The Labute approximate surface area is 148 Å². The Bertz CT molecular complexity index is 678. The van der Waals surface area contributed by atoms with E-state index in [9.17, 15) is 9.59 Å². The van der Waals surface area contributed by atoms with E-state index in [1.165, 1.54) is 30.4 Å². The maximum atomic E-state index is 12.5. The number of carboxylic acid groups (broad SMARTS) is 1. The second-order valence-electron chi connectivity index (χ2n) is 7.90. The van der Waals surface area contributed by atoms with Crippen LogP contribution < -0.4 is 5.32 Å². The van der Waals surface area contributed by atoms with Crippen molar-refractivity contribution in [1.29, 1.82) is 0 Å². The molecule has 3 aliphatic rings. The second kappa shape index (κ2) is 6.79. The summed E-state index contributed by atoms with van der Waals surface area (Å²) < 4.78 is 0. The van der Waals surface area contributed by atoms with Crippen LogP contribution in [0.15, 0.2) is 18.2 Å². The number of benzene rings is 1. The van der Waals surface area contributed by atoms with Crippen LogP contribution in [0.5, 0.6) is 0 Å². The van der Waals surface area contributed by atoms with Crippen molar-refractivity contribution in [3.8, 4) is 0 Å². The third-order valence-corrected chi connectivity index (χ3v) is 5.85. The fourth-order valence-electron chi connectivity index (χ4n) is 4.13. The molecule has 134 valence electrons. The van der Waals surface area contributed by atoms with E-state index in [0.29, 0.717) is 12.0 Å². The fourth-order valence-corrected chi connectivity index (χ4v) is 4.13. The van der Waals surface area contributed by atoms with Gasteiger partial charge in [-0.3, -0.25) is 14.5 Å². The van der Waals surface area contributed by atoms with Crippen LogP contribution in [0.2, 0.25) is 0 Å². The van der Waals surface area contributed by atoms with E-state index in [4.69, 9.17) is 5.11 Å². The molecule has 25 heavy (non-hydrogen) atoms. The quantitative estimate of drug-likeness (QED) is 0.797. The molecule has 2 saturated carbocycles. The van der Waals surface area contributed by atoms with Gasteiger partial charge in [0.2, 0.25) is 0 Å². The van der Waals surface area contributed by atoms with Crippen LogP contribution in [0.4, 0.5) is 0 Å². The van der Waals surface area contributed by atoms with E-state index >= 15 is 0 Å². The molecule has 1 amide bonds. The SMILES string of the molecule is O=C(O)CN(CC1CC1)C1CC(NC(=O)c2ccc3c(c2)CCC3)C1. The van der Waals surface area contributed by atoms with Gasteiger partial charge < -0.3 is 10.4 Å². The van der Waals surface area contributed by atoms with Gasteiger partial charge in [0.25, 0.3) is 5.91 Å². The molecule has 4 rings (SSSR count). The summed E-state index contributed by atoms with van der Waals surface area (Å²) in [7, 11) is 0. The molecule has 0 aliphatic heterocycles. The third kappa shape index (κ3) is 3.87. The van der Waals surface area contributed by atoms with Crippen molar-refractivity contribution in [2.45, 2.75) is 57.0 Å². The minimum Gasteiger partial charge on any atom is -0.480 e. The highest BCUT2D eigenvalue weighted by Crippen LogP contribution is 2.34. The largest absolute Gasteiger partial charge is 0.480 e. The lowest BCUT2D eigenvalue weighted by atomic mass is 9.85. The number of carbonyl (C=O) groups excluding carboxylic acids is 1. The van der Waals surface area contributed by atoms with Crippen LogP contribution >= 0.6 is 0 Å². The third-order valence-electron chi connectivity index (χ3n) is 5.85. The van der Waals surface area contributed by atoms with Gasteiger partial charge in [0.05, 0.1) is 6.54 Å². The summed E-state index contributed by atoms with van der Waals surface area (Å²) in [6, 6.07) is 6.52. The maximum absolute atomic E-state index is 12.5. The van der Waals surface area contributed by atoms with E-state index < -0.39 is 5.97 Å². The van der Waals surface area contributed by atoms with Gasteiger partial charge in [-0.1, -0.05) is 6.07 Å². The molecule has 0 unspecified atom stereocenters. The zero-order chi connectivity index (χ0) is 17.4. The predicted molar refractivity (Wildman–Crippen MR) is 94.7 cm³/mol.